The van der Waals surface area contributed by atoms with E-state index in [-0.39, 0.29) is 23.6 Å². The van der Waals surface area contributed by atoms with Gasteiger partial charge in [-0.3, -0.25) is 0 Å². The monoisotopic (exact) mass is 506 g/mol. The number of ether oxygens (including phenoxy) is 1. The van der Waals surface area contributed by atoms with E-state index in [1.807, 2.05) is 30.3 Å². The second kappa shape index (κ2) is 10.5. The van der Waals surface area contributed by atoms with Crippen LogP contribution in [0.2, 0.25) is 0 Å². The van der Waals surface area contributed by atoms with Crippen LogP contribution in [0.1, 0.15) is 109 Å². The van der Waals surface area contributed by atoms with Crippen molar-refractivity contribution in [1.29, 1.82) is 0 Å². The molecule has 0 radical (unpaired) electrons. The molecule has 0 heterocycles. The summed E-state index contributed by atoms with van der Waals surface area (Å²) in [5.41, 5.74) is 2.46. The number of benzene rings is 1. The highest BCUT2D eigenvalue weighted by Crippen LogP contribution is 2.67. The van der Waals surface area contributed by atoms with Crippen LogP contribution in [-0.2, 0) is 4.74 Å². The van der Waals surface area contributed by atoms with Gasteiger partial charge in [-0.15, -0.1) is 0 Å². The zero-order chi connectivity index (χ0) is 26.4. The maximum Gasteiger partial charge on any atom is 0.338 e. The van der Waals surface area contributed by atoms with E-state index in [1.54, 1.807) is 0 Å². The standard InChI is InChI=1S/C34H50O3/c1-22(2)10-9-11-23(3)27-14-15-28-31-29(17-19-34(27,28)5)33(4)18-16-26(20-25(33)21-30(31)35)37-32(36)24-12-7-6-8-13-24/h6-8,12-13,21-23,26-31,35H,9-11,14-20H2,1-5H3/t23-,26-,27+,28-,29-,30+,31-,33-,34+/m0/s1. The first kappa shape index (κ1) is 27.0. The minimum absolute atomic E-state index is 0.0906. The van der Waals surface area contributed by atoms with Crippen LogP contribution >= 0.6 is 0 Å². The first-order valence-corrected chi connectivity index (χ1v) is 15.3. The van der Waals surface area contributed by atoms with Crippen LogP contribution in [-0.4, -0.2) is 23.3 Å². The average Bonchev–Trinajstić information content (AvgIpc) is 3.22. The topological polar surface area (TPSA) is 46.5 Å². The number of carbonyl (C=O) groups excluding carboxylic acids is 1. The highest BCUT2D eigenvalue weighted by Gasteiger charge is 2.61. The normalized spacial score (nSPS) is 39.8. The van der Waals surface area contributed by atoms with Gasteiger partial charge < -0.3 is 9.84 Å². The highest BCUT2D eigenvalue weighted by atomic mass is 16.5. The Morgan fingerprint density at radius 2 is 1.76 bits per heavy atom. The lowest BCUT2D eigenvalue weighted by Gasteiger charge is -2.59. The second-order valence-electron chi connectivity index (χ2n) is 14.1. The number of rotatable bonds is 7. The van der Waals surface area contributed by atoms with Crippen LogP contribution in [0.25, 0.3) is 0 Å². The lowest BCUT2D eigenvalue weighted by atomic mass is 9.46. The third kappa shape index (κ3) is 4.95. The van der Waals surface area contributed by atoms with Gasteiger partial charge in [0.1, 0.15) is 6.10 Å². The summed E-state index contributed by atoms with van der Waals surface area (Å²) in [6.07, 6.45) is 13.7. The molecule has 4 aliphatic rings. The number of fused-ring (bicyclic) bond motifs is 5. The summed E-state index contributed by atoms with van der Waals surface area (Å²) in [6, 6.07) is 9.32. The summed E-state index contributed by atoms with van der Waals surface area (Å²) in [5, 5.41) is 11.6. The molecule has 3 nitrogen and oxygen atoms in total. The molecule has 4 aliphatic carbocycles. The summed E-state index contributed by atoms with van der Waals surface area (Å²) in [7, 11) is 0. The molecule has 1 N–H and O–H groups in total. The van der Waals surface area contributed by atoms with Crippen molar-refractivity contribution in [1.82, 2.24) is 0 Å². The van der Waals surface area contributed by atoms with Gasteiger partial charge in [-0.05, 0) is 97.0 Å². The largest absolute Gasteiger partial charge is 0.458 e. The molecular formula is C34H50O3. The van der Waals surface area contributed by atoms with Crippen LogP contribution in [0, 0.1) is 46.3 Å². The van der Waals surface area contributed by atoms with E-state index in [1.165, 1.54) is 50.5 Å². The lowest BCUT2D eigenvalue weighted by molar-refractivity contribution is -0.0978. The smallest absolute Gasteiger partial charge is 0.338 e. The van der Waals surface area contributed by atoms with Crippen molar-refractivity contribution < 1.29 is 14.6 Å². The molecule has 0 spiro atoms. The Hall–Kier alpha value is -1.61. The lowest BCUT2D eigenvalue weighted by Crippen LogP contribution is -2.55. The first-order valence-electron chi connectivity index (χ1n) is 15.3. The number of hydrogen-bond donors (Lipinski definition) is 1. The molecule has 3 fully saturated rings. The molecule has 3 saturated carbocycles. The third-order valence-corrected chi connectivity index (χ3v) is 11.6. The summed E-state index contributed by atoms with van der Waals surface area (Å²) < 4.78 is 5.95. The summed E-state index contributed by atoms with van der Waals surface area (Å²) >= 11 is 0. The maximum atomic E-state index is 12.7. The molecule has 1 aromatic rings. The Balaban J connectivity index is 1.29. The van der Waals surface area contributed by atoms with Crippen molar-refractivity contribution in [3.05, 3.63) is 47.5 Å². The molecule has 0 aliphatic heterocycles. The van der Waals surface area contributed by atoms with Crippen molar-refractivity contribution in [2.24, 2.45) is 46.3 Å². The van der Waals surface area contributed by atoms with Gasteiger partial charge in [0.05, 0.1) is 11.7 Å². The van der Waals surface area contributed by atoms with Gasteiger partial charge in [-0.25, -0.2) is 4.79 Å². The van der Waals surface area contributed by atoms with Crippen molar-refractivity contribution in [3.8, 4) is 0 Å². The molecule has 0 unspecified atom stereocenters. The summed E-state index contributed by atoms with van der Waals surface area (Å²) in [5.74, 6) is 3.70. The van der Waals surface area contributed by atoms with Crippen molar-refractivity contribution in [2.75, 3.05) is 0 Å². The molecule has 0 amide bonds. The Morgan fingerprint density at radius 3 is 2.49 bits per heavy atom. The van der Waals surface area contributed by atoms with Gasteiger partial charge >= 0.3 is 5.97 Å². The summed E-state index contributed by atoms with van der Waals surface area (Å²) in [6.45, 7) is 12.2. The quantitative estimate of drug-likeness (QED) is 0.299. The predicted octanol–water partition coefficient (Wildman–Crippen LogP) is 8.22. The third-order valence-electron chi connectivity index (χ3n) is 11.6. The minimum atomic E-state index is -0.365. The maximum absolute atomic E-state index is 12.7. The van der Waals surface area contributed by atoms with Gasteiger partial charge in [0.2, 0.25) is 0 Å². The van der Waals surface area contributed by atoms with Crippen molar-refractivity contribution in [3.63, 3.8) is 0 Å². The zero-order valence-corrected chi connectivity index (χ0v) is 23.9. The summed E-state index contributed by atoms with van der Waals surface area (Å²) in [4.78, 5) is 12.7. The van der Waals surface area contributed by atoms with Crippen molar-refractivity contribution >= 4 is 5.97 Å². The molecule has 0 bridgehead atoms. The Morgan fingerprint density at radius 1 is 1.00 bits per heavy atom. The predicted molar refractivity (Wildman–Crippen MR) is 150 cm³/mol. The van der Waals surface area contributed by atoms with E-state index in [2.05, 4.69) is 40.7 Å². The van der Waals surface area contributed by atoms with Gasteiger partial charge in [0, 0.05) is 6.42 Å². The molecule has 0 aromatic heterocycles. The van der Waals surface area contributed by atoms with Gasteiger partial charge in [0.25, 0.3) is 0 Å². The van der Waals surface area contributed by atoms with Crippen LogP contribution in [0.15, 0.2) is 42.0 Å². The fraction of sp³-hybridized carbons (Fsp3) is 0.735. The van der Waals surface area contributed by atoms with Gasteiger partial charge in [-0.2, -0.15) is 0 Å². The van der Waals surface area contributed by atoms with E-state index in [0.29, 0.717) is 28.7 Å². The molecule has 3 heteroatoms. The molecule has 0 saturated heterocycles. The van der Waals surface area contributed by atoms with Crippen LogP contribution in [0.3, 0.4) is 0 Å². The molecule has 37 heavy (non-hydrogen) atoms. The van der Waals surface area contributed by atoms with E-state index in [4.69, 9.17) is 4.74 Å². The van der Waals surface area contributed by atoms with Crippen LogP contribution in [0.4, 0.5) is 0 Å². The molecule has 5 rings (SSSR count). The number of aliphatic hydroxyl groups is 1. The zero-order valence-electron chi connectivity index (χ0n) is 23.9. The fourth-order valence-electron chi connectivity index (χ4n) is 9.53. The number of esters is 1. The second-order valence-corrected chi connectivity index (χ2v) is 14.1. The SMILES string of the molecule is CC(C)CCC[C@H](C)[C@H]1CC[C@H]2[C@@H]3[C@H](O)C=C4C[C@@H](OC(=O)c5ccccc5)CC[C@]4(C)[C@H]3CC[C@]12C. The van der Waals surface area contributed by atoms with Crippen LogP contribution < -0.4 is 0 Å². The molecule has 204 valence electrons. The van der Waals surface area contributed by atoms with Crippen molar-refractivity contribution in [2.45, 2.75) is 111 Å². The average molecular weight is 507 g/mol. The Kier molecular flexibility index (Phi) is 7.66. The van der Waals surface area contributed by atoms with E-state index < -0.39 is 0 Å². The highest BCUT2D eigenvalue weighted by molar-refractivity contribution is 5.89. The molecule has 9 atom stereocenters. The van der Waals surface area contributed by atoms with Gasteiger partial charge in [0.15, 0.2) is 0 Å². The molecular weight excluding hydrogens is 456 g/mol. The molecule has 1 aromatic carbocycles. The Labute approximate surface area is 225 Å². The Bertz CT molecular complexity index is 982. The van der Waals surface area contributed by atoms with Crippen LogP contribution in [0.5, 0.6) is 0 Å². The number of aliphatic hydroxyl groups excluding tert-OH is 1. The first-order chi connectivity index (χ1) is 17.6. The van der Waals surface area contributed by atoms with Gasteiger partial charge in [-0.1, -0.05) is 83.7 Å². The van der Waals surface area contributed by atoms with E-state index in [0.717, 1.165) is 37.0 Å². The van der Waals surface area contributed by atoms with E-state index >= 15 is 0 Å². The van der Waals surface area contributed by atoms with E-state index in [9.17, 15) is 9.90 Å². The number of carbonyl (C=O) groups is 1. The number of hydrogen-bond acceptors (Lipinski definition) is 3. The fourth-order valence-corrected chi connectivity index (χ4v) is 9.53. The minimum Gasteiger partial charge on any atom is -0.458 e.